The number of rotatable bonds is 2. The molecule has 1 aliphatic heterocycles. The summed E-state index contributed by atoms with van der Waals surface area (Å²) in [5.41, 5.74) is 0.711. The molecule has 0 saturated carbocycles. The van der Waals surface area contributed by atoms with Crippen molar-refractivity contribution in [1.29, 1.82) is 0 Å². The van der Waals surface area contributed by atoms with E-state index < -0.39 is 0 Å². The minimum atomic E-state index is 0.00379. The van der Waals surface area contributed by atoms with E-state index in [1.54, 1.807) is 0 Å². The average molecular weight is 409 g/mol. The Morgan fingerprint density at radius 3 is 3.06 bits per heavy atom. The van der Waals surface area contributed by atoms with Crippen LogP contribution in [0, 0.1) is 3.57 Å². The van der Waals surface area contributed by atoms with Gasteiger partial charge in [-0.05, 0) is 76.1 Å². The second kappa shape index (κ2) is 6.15. The van der Waals surface area contributed by atoms with Crippen molar-refractivity contribution in [1.82, 2.24) is 10.6 Å². The summed E-state index contributed by atoms with van der Waals surface area (Å²) in [5, 5.41) is 6.36. The molecule has 2 N–H and O–H groups in total. The standard InChI is InChI=1S/C12H14BrIN2O/c13-11-4-3-8(14)6-10(11)12(17)16-9-2-1-5-15-7-9/h3-4,6,9,15H,1-2,5,7H2,(H,16,17). The number of nitrogens with one attached hydrogen (secondary N) is 2. The fourth-order valence-electron chi connectivity index (χ4n) is 1.91. The minimum Gasteiger partial charge on any atom is -0.348 e. The predicted molar refractivity (Wildman–Crippen MR) is 80.2 cm³/mol. The summed E-state index contributed by atoms with van der Waals surface area (Å²) >= 11 is 5.63. The van der Waals surface area contributed by atoms with Crippen LogP contribution in [0.3, 0.4) is 0 Å². The first-order chi connectivity index (χ1) is 8.16. The van der Waals surface area contributed by atoms with Crippen LogP contribution >= 0.6 is 38.5 Å². The molecule has 92 valence electrons. The maximum absolute atomic E-state index is 12.1. The van der Waals surface area contributed by atoms with Crippen molar-refractivity contribution in [3.8, 4) is 0 Å². The van der Waals surface area contributed by atoms with Gasteiger partial charge >= 0.3 is 0 Å². The van der Waals surface area contributed by atoms with Gasteiger partial charge in [-0.15, -0.1) is 0 Å². The van der Waals surface area contributed by atoms with E-state index in [2.05, 4.69) is 49.2 Å². The lowest BCUT2D eigenvalue weighted by molar-refractivity contribution is 0.0930. The summed E-state index contributed by atoms with van der Waals surface area (Å²) < 4.78 is 1.91. The summed E-state index contributed by atoms with van der Waals surface area (Å²) in [6, 6.07) is 6.04. The van der Waals surface area contributed by atoms with Crippen LogP contribution in [0.5, 0.6) is 0 Å². The molecule has 1 atom stereocenters. The Labute approximate surface area is 123 Å². The van der Waals surface area contributed by atoms with Crippen LogP contribution in [-0.4, -0.2) is 25.0 Å². The molecule has 0 radical (unpaired) electrons. The summed E-state index contributed by atoms with van der Waals surface area (Å²) in [7, 11) is 0. The van der Waals surface area contributed by atoms with Crippen molar-refractivity contribution in [2.75, 3.05) is 13.1 Å². The van der Waals surface area contributed by atoms with Gasteiger partial charge in [0.25, 0.3) is 5.91 Å². The number of benzene rings is 1. The molecule has 1 aromatic rings. The highest BCUT2D eigenvalue weighted by Crippen LogP contribution is 2.19. The molecule has 1 heterocycles. The van der Waals surface area contributed by atoms with E-state index >= 15 is 0 Å². The first-order valence-corrected chi connectivity index (χ1v) is 7.50. The third kappa shape index (κ3) is 3.66. The maximum atomic E-state index is 12.1. The predicted octanol–water partition coefficient (Wildman–Crippen LogP) is 2.54. The molecule has 2 rings (SSSR count). The Morgan fingerprint density at radius 1 is 1.53 bits per heavy atom. The molecule has 0 spiro atoms. The highest BCUT2D eigenvalue weighted by Gasteiger charge is 2.17. The van der Waals surface area contributed by atoms with Crippen LogP contribution in [-0.2, 0) is 0 Å². The van der Waals surface area contributed by atoms with Gasteiger partial charge in [0, 0.05) is 20.6 Å². The van der Waals surface area contributed by atoms with Crippen molar-refractivity contribution < 1.29 is 4.79 Å². The van der Waals surface area contributed by atoms with E-state index in [4.69, 9.17) is 0 Å². The van der Waals surface area contributed by atoms with Crippen LogP contribution < -0.4 is 10.6 Å². The molecule has 0 aliphatic carbocycles. The highest BCUT2D eigenvalue weighted by atomic mass is 127. The Hall–Kier alpha value is -0.140. The lowest BCUT2D eigenvalue weighted by Gasteiger charge is -2.24. The second-order valence-corrected chi connectivity index (χ2v) is 6.24. The fourth-order valence-corrected chi connectivity index (χ4v) is 2.83. The van der Waals surface area contributed by atoms with Gasteiger partial charge in [0.05, 0.1) is 5.56 Å². The lowest BCUT2D eigenvalue weighted by atomic mass is 10.1. The molecule has 0 aromatic heterocycles. The number of carbonyl (C=O) groups is 1. The monoisotopic (exact) mass is 408 g/mol. The van der Waals surface area contributed by atoms with Crippen LogP contribution in [0.15, 0.2) is 22.7 Å². The summed E-state index contributed by atoms with van der Waals surface area (Å²) in [5.74, 6) is 0.00379. The summed E-state index contributed by atoms with van der Waals surface area (Å²) in [6.45, 7) is 1.92. The minimum absolute atomic E-state index is 0.00379. The first-order valence-electron chi connectivity index (χ1n) is 5.63. The Balaban J connectivity index is 2.05. The number of carbonyl (C=O) groups excluding carboxylic acids is 1. The highest BCUT2D eigenvalue weighted by molar-refractivity contribution is 14.1. The van der Waals surface area contributed by atoms with Gasteiger partial charge < -0.3 is 10.6 Å². The molecule has 3 nitrogen and oxygen atoms in total. The van der Waals surface area contributed by atoms with E-state index in [9.17, 15) is 4.79 Å². The van der Waals surface area contributed by atoms with E-state index in [-0.39, 0.29) is 11.9 Å². The fraction of sp³-hybridized carbons (Fsp3) is 0.417. The molecule has 5 heteroatoms. The Kier molecular flexibility index (Phi) is 4.81. The topological polar surface area (TPSA) is 41.1 Å². The van der Waals surface area contributed by atoms with Crippen LogP contribution in [0.2, 0.25) is 0 Å². The molecule has 1 aromatic carbocycles. The molecule has 1 fully saturated rings. The summed E-state index contributed by atoms with van der Waals surface area (Å²) in [4.78, 5) is 12.1. The number of hydrogen-bond donors (Lipinski definition) is 2. The van der Waals surface area contributed by atoms with E-state index in [1.165, 1.54) is 0 Å². The van der Waals surface area contributed by atoms with Crippen LogP contribution in [0.4, 0.5) is 0 Å². The molecule has 1 saturated heterocycles. The van der Waals surface area contributed by atoms with Crippen molar-refractivity contribution >= 4 is 44.4 Å². The Morgan fingerprint density at radius 2 is 2.35 bits per heavy atom. The molecule has 17 heavy (non-hydrogen) atoms. The molecule has 1 amide bonds. The summed E-state index contributed by atoms with van der Waals surface area (Å²) in [6.07, 6.45) is 2.18. The maximum Gasteiger partial charge on any atom is 0.252 e. The van der Waals surface area contributed by atoms with Crippen molar-refractivity contribution in [2.45, 2.75) is 18.9 Å². The van der Waals surface area contributed by atoms with Crippen molar-refractivity contribution in [2.24, 2.45) is 0 Å². The van der Waals surface area contributed by atoms with Crippen LogP contribution in [0.1, 0.15) is 23.2 Å². The van der Waals surface area contributed by atoms with E-state index in [1.807, 2.05) is 18.2 Å². The number of piperidine rings is 1. The van der Waals surface area contributed by atoms with E-state index in [0.29, 0.717) is 5.56 Å². The third-order valence-electron chi connectivity index (χ3n) is 2.81. The molecule has 1 unspecified atom stereocenters. The SMILES string of the molecule is O=C(NC1CCCNC1)c1cc(I)ccc1Br. The number of hydrogen-bond acceptors (Lipinski definition) is 2. The van der Waals surface area contributed by atoms with Gasteiger partial charge in [-0.1, -0.05) is 0 Å². The normalized spacial score (nSPS) is 20.0. The average Bonchev–Trinajstić information content (AvgIpc) is 2.33. The van der Waals surface area contributed by atoms with Gasteiger partial charge in [0.2, 0.25) is 0 Å². The largest absolute Gasteiger partial charge is 0.348 e. The molecule has 0 bridgehead atoms. The zero-order chi connectivity index (χ0) is 12.3. The van der Waals surface area contributed by atoms with E-state index in [0.717, 1.165) is 34.0 Å². The van der Waals surface area contributed by atoms with Gasteiger partial charge in [0.1, 0.15) is 0 Å². The van der Waals surface area contributed by atoms with Crippen molar-refractivity contribution in [3.05, 3.63) is 31.8 Å². The number of amides is 1. The van der Waals surface area contributed by atoms with Gasteiger partial charge in [-0.2, -0.15) is 0 Å². The molecule has 1 aliphatic rings. The number of halogens is 2. The smallest absolute Gasteiger partial charge is 0.252 e. The zero-order valence-corrected chi connectivity index (χ0v) is 13.0. The molecular weight excluding hydrogens is 395 g/mol. The van der Waals surface area contributed by atoms with Gasteiger partial charge in [0.15, 0.2) is 0 Å². The quantitative estimate of drug-likeness (QED) is 0.738. The zero-order valence-electron chi connectivity index (χ0n) is 9.30. The third-order valence-corrected chi connectivity index (χ3v) is 4.17. The van der Waals surface area contributed by atoms with Gasteiger partial charge in [-0.25, -0.2) is 0 Å². The molecular formula is C12H14BrIN2O. The Bertz CT molecular complexity index is 419. The lowest BCUT2D eigenvalue weighted by Crippen LogP contribution is -2.45. The van der Waals surface area contributed by atoms with Gasteiger partial charge in [-0.3, -0.25) is 4.79 Å². The van der Waals surface area contributed by atoms with Crippen molar-refractivity contribution in [3.63, 3.8) is 0 Å². The first kappa shape index (κ1) is 13.3. The second-order valence-electron chi connectivity index (χ2n) is 4.14. The van der Waals surface area contributed by atoms with Crippen LogP contribution in [0.25, 0.3) is 0 Å².